The summed E-state index contributed by atoms with van der Waals surface area (Å²) in [7, 11) is 0. The van der Waals surface area contributed by atoms with Crippen LogP contribution in [0.3, 0.4) is 0 Å². The molecule has 0 bridgehead atoms. The maximum absolute atomic E-state index is 12.7. The molecule has 7 heteroatoms. The first-order valence-corrected chi connectivity index (χ1v) is 11.2. The van der Waals surface area contributed by atoms with Crippen LogP contribution in [0.1, 0.15) is 50.5 Å². The maximum atomic E-state index is 12.7. The normalized spacial score (nSPS) is 19.4. The summed E-state index contributed by atoms with van der Waals surface area (Å²) in [6.45, 7) is 5.53. The molecule has 2 aromatic heterocycles. The third-order valence-electron chi connectivity index (χ3n) is 6.05. The highest BCUT2D eigenvalue weighted by Crippen LogP contribution is 2.34. The molecule has 5 rings (SSSR count). The summed E-state index contributed by atoms with van der Waals surface area (Å²) < 4.78 is 0. The Balaban J connectivity index is 1.20. The Bertz CT molecular complexity index is 944. The number of allylic oxidation sites excluding steroid dienone is 3. The molecule has 2 aromatic rings. The zero-order chi connectivity index (χ0) is 19.8. The molecule has 3 aliphatic rings. The fourth-order valence-electron chi connectivity index (χ4n) is 4.20. The van der Waals surface area contributed by atoms with Crippen LogP contribution in [0.4, 0.5) is 0 Å². The number of hydrogen-bond donors (Lipinski definition) is 0. The van der Waals surface area contributed by atoms with Crippen LogP contribution in [0.25, 0.3) is 0 Å². The predicted octanol–water partition coefficient (Wildman–Crippen LogP) is 3.12. The lowest BCUT2D eigenvalue weighted by atomic mass is 9.97. The zero-order valence-electron chi connectivity index (χ0n) is 16.7. The largest absolute Gasteiger partial charge is 0.371 e. The highest BCUT2D eigenvalue weighted by atomic mass is 32.1. The number of likely N-dealkylation sites (tertiary alicyclic amines) is 1. The number of nitrogens with zero attached hydrogens (tertiary/aromatic N) is 5. The molecular weight excluding hydrogens is 382 g/mol. The minimum atomic E-state index is -0.00897. The van der Waals surface area contributed by atoms with Crippen molar-refractivity contribution >= 4 is 17.2 Å². The van der Waals surface area contributed by atoms with Gasteiger partial charge in [-0.15, -0.1) is 11.3 Å². The van der Waals surface area contributed by atoms with Gasteiger partial charge in [-0.05, 0) is 31.9 Å². The smallest absolute Gasteiger partial charge is 0.274 e. The van der Waals surface area contributed by atoms with E-state index in [1.54, 1.807) is 12.4 Å². The zero-order valence-corrected chi connectivity index (χ0v) is 17.5. The number of fused-ring (bicyclic) bond motifs is 1. The molecule has 1 amide bonds. The van der Waals surface area contributed by atoms with E-state index in [0.717, 1.165) is 57.6 Å². The first kappa shape index (κ1) is 18.5. The molecule has 150 valence electrons. The highest BCUT2D eigenvalue weighted by molar-refractivity contribution is 7.11. The van der Waals surface area contributed by atoms with E-state index in [-0.39, 0.29) is 5.91 Å². The lowest BCUT2D eigenvalue weighted by Crippen LogP contribution is -2.38. The lowest BCUT2D eigenvalue weighted by molar-refractivity contribution is 0.0706. The van der Waals surface area contributed by atoms with Gasteiger partial charge < -0.3 is 9.80 Å². The summed E-state index contributed by atoms with van der Waals surface area (Å²) >= 11 is 1.90. The Hall–Kier alpha value is -2.54. The van der Waals surface area contributed by atoms with Gasteiger partial charge in [-0.25, -0.2) is 9.97 Å². The monoisotopic (exact) mass is 407 g/mol. The van der Waals surface area contributed by atoms with Crippen LogP contribution in [0.15, 0.2) is 36.3 Å². The van der Waals surface area contributed by atoms with Crippen molar-refractivity contribution in [1.82, 2.24) is 24.8 Å². The Kier molecular flexibility index (Phi) is 4.91. The van der Waals surface area contributed by atoms with E-state index in [4.69, 9.17) is 4.98 Å². The number of amides is 1. The van der Waals surface area contributed by atoms with Crippen LogP contribution >= 0.6 is 11.3 Å². The van der Waals surface area contributed by atoms with Crippen molar-refractivity contribution in [3.8, 4) is 0 Å². The van der Waals surface area contributed by atoms with Gasteiger partial charge in [0.1, 0.15) is 5.69 Å². The van der Waals surface area contributed by atoms with Crippen molar-refractivity contribution in [3.05, 3.63) is 63.3 Å². The fourth-order valence-corrected chi connectivity index (χ4v) is 5.47. The molecule has 0 aromatic carbocycles. The van der Waals surface area contributed by atoms with E-state index in [9.17, 15) is 4.79 Å². The second-order valence-corrected chi connectivity index (χ2v) is 9.08. The van der Waals surface area contributed by atoms with Gasteiger partial charge >= 0.3 is 0 Å². The van der Waals surface area contributed by atoms with E-state index in [1.807, 2.05) is 23.2 Å². The van der Waals surface area contributed by atoms with Crippen molar-refractivity contribution < 1.29 is 4.79 Å². The summed E-state index contributed by atoms with van der Waals surface area (Å²) in [6.07, 6.45) is 13.8. The van der Waals surface area contributed by atoms with Gasteiger partial charge in [0.25, 0.3) is 5.91 Å². The fraction of sp³-hybridized carbons (Fsp3) is 0.455. The van der Waals surface area contributed by atoms with Crippen molar-refractivity contribution in [1.29, 1.82) is 0 Å². The summed E-state index contributed by atoms with van der Waals surface area (Å²) in [6, 6.07) is 0. The number of piperidine rings is 1. The highest BCUT2D eigenvalue weighted by Gasteiger charge is 2.28. The number of rotatable bonds is 3. The SMILES string of the molecule is Cc1cnc(C(=O)N2CCC(c3nc4c(s3)CCN(C3=CC=C3)CC4)CC2)cn1. The first-order valence-electron chi connectivity index (χ1n) is 10.4. The second kappa shape index (κ2) is 7.71. The number of carbonyl (C=O) groups excluding carboxylic acids is 1. The lowest BCUT2D eigenvalue weighted by Gasteiger charge is -2.31. The van der Waals surface area contributed by atoms with Gasteiger partial charge in [-0.1, -0.05) is 6.08 Å². The van der Waals surface area contributed by atoms with Gasteiger partial charge in [0.05, 0.1) is 22.6 Å². The molecule has 29 heavy (non-hydrogen) atoms. The van der Waals surface area contributed by atoms with Crippen molar-refractivity contribution in [2.45, 2.75) is 38.5 Å². The molecule has 1 fully saturated rings. The van der Waals surface area contributed by atoms with Crippen molar-refractivity contribution in [3.63, 3.8) is 0 Å². The minimum absolute atomic E-state index is 0.00897. The average molecular weight is 408 g/mol. The molecule has 0 atom stereocenters. The van der Waals surface area contributed by atoms with Gasteiger partial charge in [-0.3, -0.25) is 9.78 Å². The Morgan fingerprint density at radius 2 is 1.90 bits per heavy atom. The van der Waals surface area contributed by atoms with E-state index in [2.05, 4.69) is 33.1 Å². The molecule has 0 radical (unpaired) electrons. The van der Waals surface area contributed by atoms with Crippen LogP contribution in [-0.4, -0.2) is 56.8 Å². The quantitative estimate of drug-likeness (QED) is 0.782. The van der Waals surface area contributed by atoms with Gasteiger partial charge in [-0.2, -0.15) is 0 Å². The summed E-state index contributed by atoms with van der Waals surface area (Å²) in [5, 5.41) is 1.27. The van der Waals surface area contributed by atoms with Gasteiger partial charge in [0.2, 0.25) is 0 Å². The molecular formula is C22H25N5OS. The van der Waals surface area contributed by atoms with Gasteiger partial charge in [0.15, 0.2) is 0 Å². The first-order chi connectivity index (χ1) is 14.2. The minimum Gasteiger partial charge on any atom is -0.371 e. The van der Waals surface area contributed by atoms with Crippen molar-refractivity contribution in [2.24, 2.45) is 0 Å². The molecule has 1 aliphatic carbocycles. The molecule has 2 aliphatic heterocycles. The van der Waals surface area contributed by atoms with Crippen LogP contribution in [0.2, 0.25) is 0 Å². The number of carbonyl (C=O) groups is 1. The molecule has 1 saturated heterocycles. The Labute approximate surface area is 175 Å². The van der Waals surface area contributed by atoms with E-state index in [0.29, 0.717) is 11.6 Å². The number of aryl methyl sites for hydroxylation is 1. The predicted molar refractivity (Wildman–Crippen MR) is 113 cm³/mol. The summed E-state index contributed by atoms with van der Waals surface area (Å²) in [5.74, 6) is 0.457. The molecule has 0 saturated carbocycles. The summed E-state index contributed by atoms with van der Waals surface area (Å²) in [5.41, 5.74) is 3.92. The molecule has 0 spiro atoms. The number of hydrogen-bond acceptors (Lipinski definition) is 6. The maximum Gasteiger partial charge on any atom is 0.274 e. The number of thiazole rings is 1. The standard InChI is InChI=1S/C22H25N5OS/c1-15-13-24-19(14-23-15)22(28)27-9-5-16(6-10-27)21-25-18-7-11-26(17-3-2-4-17)12-8-20(18)29-21/h2-4,13-14,16H,5-12H2,1H3. The van der Waals surface area contributed by atoms with Crippen LogP contribution in [-0.2, 0) is 12.8 Å². The molecule has 6 nitrogen and oxygen atoms in total. The van der Waals surface area contributed by atoms with Crippen LogP contribution in [0.5, 0.6) is 0 Å². The molecule has 0 unspecified atom stereocenters. The molecule has 0 N–H and O–H groups in total. The van der Waals surface area contributed by atoms with Gasteiger partial charge in [0, 0.05) is 61.7 Å². The second-order valence-electron chi connectivity index (χ2n) is 7.97. The van der Waals surface area contributed by atoms with Crippen LogP contribution in [0, 0.1) is 6.92 Å². The molecule has 4 heterocycles. The Morgan fingerprint density at radius 3 is 2.59 bits per heavy atom. The summed E-state index contributed by atoms with van der Waals surface area (Å²) in [4.78, 5) is 32.0. The Morgan fingerprint density at radius 1 is 1.10 bits per heavy atom. The van der Waals surface area contributed by atoms with E-state index in [1.165, 1.54) is 21.3 Å². The topological polar surface area (TPSA) is 62.2 Å². The van der Waals surface area contributed by atoms with Crippen LogP contribution < -0.4 is 0 Å². The third kappa shape index (κ3) is 3.71. The third-order valence-corrected chi connectivity index (χ3v) is 7.37. The van der Waals surface area contributed by atoms with E-state index < -0.39 is 0 Å². The average Bonchev–Trinajstić information content (AvgIpc) is 3.02. The van der Waals surface area contributed by atoms with Crippen molar-refractivity contribution in [2.75, 3.05) is 26.2 Å². The van der Waals surface area contributed by atoms with E-state index >= 15 is 0 Å². The number of aromatic nitrogens is 3.